The number of carbonyl (C=O) groups is 1. The van der Waals surface area contributed by atoms with Crippen LogP contribution in [0.5, 0.6) is 0 Å². The summed E-state index contributed by atoms with van der Waals surface area (Å²) in [6.07, 6.45) is 0. The molecule has 1 aliphatic rings. The molecular formula is C8H14N2O2. The second kappa shape index (κ2) is 3.56. The number of hydrogen-bond donors (Lipinski definition) is 1. The van der Waals surface area contributed by atoms with Crippen LogP contribution in [-0.4, -0.2) is 31.5 Å². The molecule has 0 bridgehead atoms. The van der Waals surface area contributed by atoms with Gasteiger partial charge >= 0.3 is 0 Å². The molecule has 4 heteroatoms. The van der Waals surface area contributed by atoms with Gasteiger partial charge in [0.25, 0.3) is 0 Å². The van der Waals surface area contributed by atoms with E-state index in [-0.39, 0.29) is 17.9 Å². The van der Waals surface area contributed by atoms with Crippen molar-refractivity contribution in [2.24, 2.45) is 10.9 Å². The van der Waals surface area contributed by atoms with Gasteiger partial charge in [-0.1, -0.05) is 13.8 Å². The fourth-order valence-corrected chi connectivity index (χ4v) is 1.10. The number of amides is 1. The summed E-state index contributed by atoms with van der Waals surface area (Å²) < 4.78 is 4.96. The standard InChI is InChI=1S/C8H14N2O2/c1-5(2)7-8(11)9-4-6(10-7)12-3/h5,7H,4H2,1-3H3,(H,9,11). The molecule has 0 aliphatic carbocycles. The maximum Gasteiger partial charge on any atom is 0.245 e. The lowest BCUT2D eigenvalue weighted by molar-refractivity contribution is -0.123. The smallest absolute Gasteiger partial charge is 0.245 e. The van der Waals surface area contributed by atoms with E-state index in [0.717, 1.165) is 0 Å². The molecule has 1 heterocycles. The van der Waals surface area contributed by atoms with Crippen molar-refractivity contribution in [1.82, 2.24) is 5.32 Å². The summed E-state index contributed by atoms with van der Waals surface area (Å²) in [5, 5.41) is 2.72. The van der Waals surface area contributed by atoms with Gasteiger partial charge in [-0.3, -0.25) is 4.79 Å². The number of ether oxygens (including phenoxy) is 1. The Morgan fingerprint density at radius 1 is 1.67 bits per heavy atom. The number of aliphatic imine (C=N–C) groups is 1. The average Bonchev–Trinajstić information content (AvgIpc) is 2.05. The number of nitrogens with one attached hydrogen (secondary N) is 1. The molecule has 0 saturated carbocycles. The van der Waals surface area contributed by atoms with Gasteiger partial charge in [0.15, 0.2) is 0 Å². The molecule has 0 spiro atoms. The number of hydrogen-bond acceptors (Lipinski definition) is 3. The summed E-state index contributed by atoms with van der Waals surface area (Å²) in [6.45, 7) is 4.34. The van der Waals surface area contributed by atoms with Crippen LogP contribution in [0.1, 0.15) is 13.8 Å². The van der Waals surface area contributed by atoms with Crippen LogP contribution in [0.3, 0.4) is 0 Å². The molecule has 0 aromatic carbocycles. The predicted octanol–water partition coefficient (Wildman–Crippen LogP) is 0.186. The second-order valence-corrected chi connectivity index (χ2v) is 3.13. The van der Waals surface area contributed by atoms with Crippen LogP contribution in [0, 0.1) is 5.92 Å². The molecule has 12 heavy (non-hydrogen) atoms. The summed E-state index contributed by atoms with van der Waals surface area (Å²) in [4.78, 5) is 15.4. The van der Waals surface area contributed by atoms with Crippen molar-refractivity contribution in [2.75, 3.05) is 13.7 Å². The van der Waals surface area contributed by atoms with Crippen molar-refractivity contribution in [3.63, 3.8) is 0 Å². The molecule has 0 radical (unpaired) electrons. The first kappa shape index (κ1) is 9.03. The van der Waals surface area contributed by atoms with Crippen LogP contribution < -0.4 is 5.32 Å². The van der Waals surface area contributed by atoms with Crippen LogP contribution in [-0.2, 0) is 9.53 Å². The van der Waals surface area contributed by atoms with Gasteiger partial charge < -0.3 is 10.1 Å². The Bertz CT molecular complexity index is 211. The molecule has 0 aromatic heterocycles. The quantitative estimate of drug-likeness (QED) is 0.610. The van der Waals surface area contributed by atoms with E-state index >= 15 is 0 Å². The van der Waals surface area contributed by atoms with E-state index < -0.39 is 0 Å². The highest BCUT2D eigenvalue weighted by molar-refractivity contribution is 5.93. The fourth-order valence-electron chi connectivity index (χ4n) is 1.10. The third-order valence-electron chi connectivity index (χ3n) is 1.83. The molecule has 1 atom stereocenters. The molecular weight excluding hydrogens is 156 g/mol. The average molecular weight is 170 g/mol. The summed E-state index contributed by atoms with van der Waals surface area (Å²) in [7, 11) is 1.56. The zero-order valence-electron chi connectivity index (χ0n) is 7.63. The second-order valence-electron chi connectivity index (χ2n) is 3.13. The first-order chi connectivity index (χ1) is 5.65. The number of rotatable bonds is 1. The molecule has 68 valence electrons. The molecule has 1 N–H and O–H groups in total. The molecule has 0 saturated heterocycles. The normalized spacial score (nSPS) is 23.5. The largest absolute Gasteiger partial charge is 0.483 e. The number of methoxy groups -OCH3 is 1. The zero-order valence-corrected chi connectivity index (χ0v) is 7.63. The van der Waals surface area contributed by atoms with Gasteiger partial charge in [0.1, 0.15) is 6.04 Å². The van der Waals surface area contributed by atoms with Crippen molar-refractivity contribution in [3.8, 4) is 0 Å². The third kappa shape index (κ3) is 1.75. The SMILES string of the molecule is COC1=NC(C(C)C)C(=O)NC1. The van der Waals surface area contributed by atoms with E-state index in [1.807, 2.05) is 13.8 Å². The summed E-state index contributed by atoms with van der Waals surface area (Å²) in [6, 6.07) is -0.284. The van der Waals surface area contributed by atoms with Crippen LogP contribution in [0.4, 0.5) is 0 Å². The lowest BCUT2D eigenvalue weighted by Gasteiger charge is -2.22. The minimum atomic E-state index is -0.284. The Morgan fingerprint density at radius 2 is 2.33 bits per heavy atom. The fraction of sp³-hybridized carbons (Fsp3) is 0.750. The topological polar surface area (TPSA) is 50.7 Å². The Kier molecular flexibility index (Phi) is 2.68. The van der Waals surface area contributed by atoms with Crippen LogP contribution in [0.15, 0.2) is 4.99 Å². The summed E-state index contributed by atoms with van der Waals surface area (Å²) in [5.74, 6) is 0.814. The van der Waals surface area contributed by atoms with Gasteiger partial charge in [0.05, 0.1) is 13.7 Å². The lowest BCUT2D eigenvalue weighted by atomic mass is 10.0. The molecule has 1 aliphatic heterocycles. The van der Waals surface area contributed by atoms with E-state index in [0.29, 0.717) is 12.4 Å². The molecule has 1 unspecified atom stereocenters. The van der Waals surface area contributed by atoms with Crippen molar-refractivity contribution in [2.45, 2.75) is 19.9 Å². The van der Waals surface area contributed by atoms with Gasteiger partial charge in [0, 0.05) is 0 Å². The molecule has 0 aromatic rings. The maximum atomic E-state index is 11.2. The maximum absolute atomic E-state index is 11.2. The van der Waals surface area contributed by atoms with Crippen molar-refractivity contribution >= 4 is 11.8 Å². The highest BCUT2D eigenvalue weighted by Gasteiger charge is 2.25. The Labute approximate surface area is 72.0 Å². The third-order valence-corrected chi connectivity index (χ3v) is 1.83. The van der Waals surface area contributed by atoms with E-state index in [4.69, 9.17) is 4.74 Å². The Morgan fingerprint density at radius 3 is 2.83 bits per heavy atom. The minimum Gasteiger partial charge on any atom is -0.483 e. The highest BCUT2D eigenvalue weighted by atomic mass is 16.5. The zero-order chi connectivity index (χ0) is 9.14. The Balaban J connectivity index is 2.75. The van der Waals surface area contributed by atoms with Crippen LogP contribution in [0.25, 0.3) is 0 Å². The molecule has 0 fully saturated rings. The minimum absolute atomic E-state index is 0.00852. The summed E-state index contributed by atoms with van der Waals surface area (Å²) in [5.41, 5.74) is 0. The highest BCUT2D eigenvalue weighted by Crippen LogP contribution is 2.09. The van der Waals surface area contributed by atoms with E-state index in [2.05, 4.69) is 10.3 Å². The first-order valence-corrected chi connectivity index (χ1v) is 4.03. The monoisotopic (exact) mass is 170 g/mol. The van der Waals surface area contributed by atoms with E-state index in [1.165, 1.54) is 0 Å². The first-order valence-electron chi connectivity index (χ1n) is 4.03. The van der Waals surface area contributed by atoms with E-state index in [1.54, 1.807) is 7.11 Å². The number of nitrogens with zero attached hydrogens (tertiary/aromatic N) is 1. The van der Waals surface area contributed by atoms with Gasteiger partial charge in [-0.05, 0) is 5.92 Å². The number of carbonyl (C=O) groups excluding carboxylic acids is 1. The van der Waals surface area contributed by atoms with Crippen LogP contribution in [0.2, 0.25) is 0 Å². The summed E-state index contributed by atoms with van der Waals surface area (Å²) >= 11 is 0. The van der Waals surface area contributed by atoms with Crippen molar-refractivity contribution < 1.29 is 9.53 Å². The predicted molar refractivity (Wildman–Crippen MR) is 46.1 cm³/mol. The molecule has 4 nitrogen and oxygen atoms in total. The Hall–Kier alpha value is -1.06. The molecule has 1 rings (SSSR count). The van der Waals surface area contributed by atoms with Crippen LogP contribution >= 0.6 is 0 Å². The molecule has 1 amide bonds. The lowest BCUT2D eigenvalue weighted by Crippen LogP contribution is -2.45. The van der Waals surface area contributed by atoms with E-state index in [9.17, 15) is 4.79 Å². The van der Waals surface area contributed by atoms with Gasteiger partial charge in [-0.25, -0.2) is 4.99 Å². The van der Waals surface area contributed by atoms with Crippen molar-refractivity contribution in [1.29, 1.82) is 0 Å². The van der Waals surface area contributed by atoms with Gasteiger partial charge in [-0.15, -0.1) is 0 Å². The van der Waals surface area contributed by atoms with Crippen molar-refractivity contribution in [3.05, 3.63) is 0 Å². The van der Waals surface area contributed by atoms with Gasteiger partial charge in [-0.2, -0.15) is 0 Å². The van der Waals surface area contributed by atoms with Gasteiger partial charge in [0.2, 0.25) is 11.8 Å².